The lowest BCUT2D eigenvalue weighted by Gasteiger charge is -2.26. The highest BCUT2D eigenvalue weighted by molar-refractivity contribution is 5.92. The van der Waals surface area contributed by atoms with Crippen LogP contribution in [0.2, 0.25) is 0 Å². The third-order valence-electron chi connectivity index (χ3n) is 5.60. The summed E-state index contributed by atoms with van der Waals surface area (Å²) in [5.41, 5.74) is 3.35. The van der Waals surface area contributed by atoms with Crippen molar-refractivity contribution >= 4 is 10.8 Å². The molecule has 0 aliphatic heterocycles. The lowest BCUT2D eigenvalue weighted by atomic mass is 9.78. The summed E-state index contributed by atoms with van der Waals surface area (Å²) < 4.78 is 0. The highest BCUT2D eigenvalue weighted by Crippen LogP contribution is 2.65. The van der Waals surface area contributed by atoms with Gasteiger partial charge in [0.15, 0.2) is 0 Å². The first kappa shape index (κ1) is 8.74. The summed E-state index contributed by atoms with van der Waals surface area (Å²) in [5.74, 6) is 3.72. The zero-order chi connectivity index (χ0) is 11.0. The zero-order valence-corrected chi connectivity index (χ0v) is 9.89. The molecule has 0 heteroatoms. The molecule has 0 N–H and O–H groups in total. The molecule has 5 rings (SSSR count). The van der Waals surface area contributed by atoms with Crippen LogP contribution >= 0.6 is 0 Å². The van der Waals surface area contributed by atoms with Crippen LogP contribution in [0.1, 0.15) is 42.2 Å². The first-order chi connectivity index (χ1) is 8.43. The van der Waals surface area contributed by atoms with Gasteiger partial charge in [-0.2, -0.15) is 0 Å². The quantitative estimate of drug-likeness (QED) is 0.615. The van der Waals surface area contributed by atoms with Crippen LogP contribution in [0.3, 0.4) is 0 Å². The number of hydrogen-bond acceptors (Lipinski definition) is 0. The standard InChI is InChI=1S/C17H16/c1-3-10-4-2-6-14-15(10)13(5-1)16-11-7-8-12(9-11)17(14)16/h1-6,11-12,16-17H,7-9H2. The van der Waals surface area contributed by atoms with Crippen molar-refractivity contribution in [3.8, 4) is 0 Å². The van der Waals surface area contributed by atoms with E-state index in [1.165, 1.54) is 24.6 Å². The molecular formula is C17H16. The first-order valence-corrected chi connectivity index (χ1v) is 6.95. The maximum Gasteiger partial charge on any atom is -0.00555 e. The Balaban J connectivity index is 1.90. The molecule has 4 atom stereocenters. The highest BCUT2D eigenvalue weighted by atomic mass is 14.6. The Morgan fingerprint density at radius 2 is 1.35 bits per heavy atom. The predicted molar refractivity (Wildman–Crippen MR) is 70.3 cm³/mol. The molecule has 2 bridgehead atoms. The van der Waals surface area contributed by atoms with Gasteiger partial charge in [0.25, 0.3) is 0 Å². The SMILES string of the molecule is c1cc2c3c(cccc3c1)C1C3CCC(C3)C21. The highest BCUT2D eigenvalue weighted by Gasteiger charge is 2.52. The Morgan fingerprint density at radius 1 is 0.765 bits per heavy atom. The fourth-order valence-corrected chi connectivity index (χ4v) is 5.14. The van der Waals surface area contributed by atoms with Crippen molar-refractivity contribution < 1.29 is 0 Å². The van der Waals surface area contributed by atoms with Gasteiger partial charge in [0.05, 0.1) is 0 Å². The molecule has 3 aliphatic rings. The Hall–Kier alpha value is -1.30. The van der Waals surface area contributed by atoms with Gasteiger partial charge < -0.3 is 0 Å². The second-order valence-corrected chi connectivity index (χ2v) is 6.18. The summed E-state index contributed by atoms with van der Waals surface area (Å²) in [4.78, 5) is 0. The van der Waals surface area contributed by atoms with E-state index in [9.17, 15) is 0 Å². The number of rotatable bonds is 0. The Bertz CT molecular complexity index is 574. The second-order valence-electron chi connectivity index (χ2n) is 6.18. The van der Waals surface area contributed by atoms with Gasteiger partial charge in [0.2, 0.25) is 0 Å². The number of hydrogen-bond donors (Lipinski definition) is 0. The zero-order valence-electron chi connectivity index (χ0n) is 9.89. The van der Waals surface area contributed by atoms with E-state index in [-0.39, 0.29) is 0 Å². The average molecular weight is 220 g/mol. The van der Waals surface area contributed by atoms with Crippen molar-refractivity contribution in [1.29, 1.82) is 0 Å². The van der Waals surface area contributed by atoms with Crippen molar-refractivity contribution in [3.63, 3.8) is 0 Å². The number of fused-ring (bicyclic) bond motifs is 7. The molecule has 0 spiro atoms. The molecule has 0 nitrogen and oxygen atoms in total. The van der Waals surface area contributed by atoms with Crippen LogP contribution < -0.4 is 0 Å². The topological polar surface area (TPSA) is 0 Å². The average Bonchev–Trinajstić information content (AvgIpc) is 3.03. The van der Waals surface area contributed by atoms with E-state index in [0.717, 1.165) is 23.7 Å². The van der Waals surface area contributed by atoms with Crippen molar-refractivity contribution in [2.24, 2.45) is 11.8 Å². The lowest BCUT2D eigenvalue weighted by Crippen LogP contribution is -2.13. The minimum Gasteiger partial charge on any atom is -0.0613 e. The van der Waals surface area contributed by atoms with Crippen LogP contribution in [0.25, 0.3) is 10.8 Å². The molecular weight excluding hydrogens is 204 g/mol. The summed E-state index contributed by atoms with van der Waals surface area (Å²) in [6, 6.07) is 13.9. The maximum atomic E-state index is 2.40. The van der Waals surface area contributed by atoms with Crippen molar-refractivity contribution in [2.75, 3.05) is 0 Å². The summed E-state index contributed by atoms with van der Waals surface area (Å²) in [7, 11) is 0. The van der Waals surface area contributed by atoms with Crippen LogP contribution in [0.4, 0.5) is 0 Å². The molecule has 17 heavy (non-hydrogen) atoms. The minimum absolute atomic E-state index is 0.870. The van der Waals surface area contributed by atoms with E-state index in [2.05, 4.69) is 36.4 Å². The van der Waals surface area contributed by atoms with Crippen LogP contribution in [0.5, 0.6) is 0 Å². The van der Waals surface area contributed by atoms with Gasteiger partial charge in [-0.25, -0.2) is 0 Å². The number of benzene rings is 2. The van der Waals surface area contributed by atoms with E-state index in [0.29, 0.717) is 0 Å². The Kier molecular flexibility index (Phi) is 1.41. The molecule has 2 saturated carbocycles. The fraction of sp³-hybridized carbons (Fsp3) is 0.412. The normalized spacial score (nSPS) is 36.7. The third-order valence-corrected chi connectivity index (χ3v) is 5.60. The minimum atomic E-state index is 0.870. The Morgan fingerprint density at radius 3 is 1.94 bits per heavy atom. The second kappa shape index (κ2) is 2.75. The summed E-state index contributed by atoms with van der Waals surface area (Å²) in [6.07, 6.45) is 4.46. The van der Waals surface area contributed by atoms with Crippen LogP contribution in [-0.2, 0) is 0 Å². The van der Waals surface area contributed by atoms with Crippen molar-refractivity contribution in [1.82, 2.24) is 0 Å². The monoisotopic (exact) mass is 220 g/mol. The van der Waals surface area contributed by atoms with Crippen LogP contribution in [-0.4, -0.2) is 0 Å². The molecule has 0 saturated heterocycles. The van der Waals surface area contributed by atoms with Crippen LogP contribution in [0.15, 0.2) is 36.4 Å². The fourth-order valence-electron chi connectivity index (χ4n) is 5.14. The summed E-state index contributed by atoms with van der Waals surface area (Å²) in [6.45, 7) is 0. The van der Waals surface area contributed by atoms with Crippen molar-refractivity contribution in [3.05, 3.63) is 47.5 Å². The summed E-state index contributed by atoms with van der Waals surface area (Å²) in [5, 5.41) is 3.08. The predicted octanol–water partition coefficient (Wildman–Crippen LogP) is 4.45. The molecule has 0 aromatic heterocycles. The molecule has 2 fully saturated rings. The smallest absolute Gasteiger partial charge is 0.00555 e. The van der Waals surface area contributed by atoms with Gasteiger partial charge in [-0.15, -0.1) is 0 Å². The van der Waals surface area contributed by atoms with Gasteiger partial charge in [-0.1, -0.05) is 36.4 Å². The molecule has 0 radical (unpaired) electrons. The maximum absolute atomic E-state index is 2.40. The molecule has 84 valence electrons. The van der Waals surface area contributed by atoms with E-state index in [1.54, 1.807) is 16.5 Å². The van der Waals surface area contributed by atoms with E-state index >= 15 is 0 Å². The molecule has 2 aromatic rings. The Labute approximate surface area is 102 Å². The molecule has 0 amide bonds. The first-order valence-electron chi connectivity index (χ1n) is 6.95. The van der Waals surface area contributed by atoms with Gasteiger partial charge >= 0.3 is 0 Å². The van der Waals surface area contributed by atoms with Gasteiger partial charge in [0.1, 0.15) is 0 Å². The van der Waals surface area contributed by atoms with E-state index in [1.807, 2.05) is 0 Å². The van der Waals surface area contributed by atoms with E-state index in [4.69, 9.17) is 0 Å². The van der Waals surface area contributed by atoms with Gasteiger partial charge in [0, 0.05) is 0 Å². The van der Waals surface area contributed by atoms with Gasteiger partial charge in [-0.05, 0) is 64.8 Å². The lowest BCUT2D eigenvalue weighted by molar-refractivity contribution is 0.379. The van der Waals surface area contributed by atoms with Crippen LogP contribution in [0, 0.1) is 11.8 Å². The van der Waals surface area contributed by atoms with Crippen molar-refractivity contribution in [2.45, 2.75) is 31.1 Å². The van der Waals surface area contributed by atoms with E-state index < -0.39 is 0 Å². The molecule has 4 unspecified atom stereocenters. The van der Waals surface area contributed by atoms with Gasteiger partial charge in [-0.3, -0.25) is 0 Å². The third kappa shape index (κ3) is 0.887. The largest absolute Gasteiger partial charge is 0.0613 e. The molecule has 3 aliphatic carbocycles. The molecule has 2 aromatic carbocycles. The molecule has 0 heterocycles. The summed E-state index contributed by atoms with van der Waals surface area (Å²) >= 11 is 0.